The van der Waals surface area contributed by atoms with Crippen LogP contribution >= 0.6 is 0 Å². The largest absolute Gasteiger partial charge is 0.492 e. The highest BCUT2D eigenvalue weighted by Crippen LogP contribution is 2.30. The molecular weight excluding hydrogens is 478 g/mol. The molecule has 8 nitrogen and oxygen atoms in total. The van der Waals surface area contributed by atoms with Crippen LogP contribution in [0.25, 0.3) is 22.0 Å². The molecule has 3 heterocycles. The highest BCUT2D eigenvalue weighted by molar-refractivity contribution is 5.93. The molecule has 6 rings (SSSR count). The van der Waals surface area contributed by atoms with Crippen molar-refractivity contribution in [1.82, 2.24) is 14.9 Å². The summed E-state index contributed by atoms with van der Waals surface area (Å²) in [6.45, 7) is 8.57. The molecule has 196 valence electrons. The van der Waals surface area contributed by atoms with Crippen molar-refractivity contribution in [2.24, 2.45) is 0 Å². The monoisotopic (exact) mass is 511 g/mol. The number of benzene rings is 3. The van der Waals surface area contributed by atoms with Crippen molar-refractivity contribution in [3.8, 4) is 16.9 Å². The van der Waals surface area contributed by atoms with E-state index < -0.39 is 0 Å². The van der Waals surface area contributed by atoms with E-state index in [0.717, 1.165) is 98.4 Å². The lowest BCUT2D eigenvalue weighted by Gasteiger charge is -2.28. The van der Waals surface area contributed by atoms with Crippen LogP contribution in [0.3, 0.4) is 0 Å². The molecule has 2 saturated heterocycles. The number of rotatable bonds is 8. The SMILES string of the molecule is c1nc(Nc2ccc(N3CCOCC3)cc2)c2cc(-c3ccc(OCCN4CCOCC4)cc3)ccc2n1. The first-order valence-corrected chi connectivity index (χ1v) is 13.3. The van der Waals surface area contributed by atoms with E-state index in [1.54, 1.807) is 6.33 Å². The maximum atomic E-state index is 5.98. The fraction of sp³-hybridized carbons (Fsp3) is 0.333. The van der Waals surface area contributed by atoms with Crippen LogP contribution in [0, 0.1) is 0 Å². The highest BCUT2D eigenvalue weighted by atomic mass is 16.5. The predicted octanol–water partition coefficient (Wildman–Crippen LogP) is 4.59. The Morgan fingerprint density at radius 2 is 1.47 bits per heavy atom. The zero-order valence-corrected chi connectivity index (χ0v) is 21.5. The van der Waals surface area contributed by atoms with Crippen LogP contribution in [0.4, 0.5) is 17.2 Å². The maximum absolute atomic E-state index is 5.98. The van der Waals surface area contributed by atoms with Gasteiger partial charge in [-0.2, -0.15) is 0 Å². The van der Waals surface area contributed by atoms with Gasteiger partial charge in [-0.25, -0.2) is 9.97 Å². The van der Waals surface area contributed by atoms with Gasteiger partial charge in [0, 0.05) is 49.5 Å². The first kappa shape index (κ1) is 24.6. The summed E-state index contributed by atoms with van der Waals surface area (Å²) in [5.74, 6) is 1.67. The summed E-state index contributed by atoms with van der Waals surface area (Å²) in [5, 5.41) is 4.47. The van der Waals surface area contributed by atoms with E-state index in [1.165, 1.54) is 5.69 Å². The molecule has 3 aromatic carbocycles. The molecule has 1 N–H and O–H groups in total. The lowest BCUT2D eigenvalue weighted by molar-refractivity contribution is 0.0322. The van der Waals surface area contributed by atoms with Crippen molar-refractivity contribution in [1.29, 1.82) is 0 Å². The van der Waals surface area contributed by atoms with Crippen molar-refractivity contribution in [3.63, 3.8) is 0 Å². The molecule has 8 heteroatoms. The first-order valence-electron chi connectivity index (χ1n) is 13.3. The van der Waals surface area contributed by atoms with E-state index >= 15 is 0 Å². The van der Waals surface area contributed by atoms with Crippen molar-refractivity contribution in [2.75, 3.05) is 76.0 Å². The minimum Gasteiger partial charge on any atom is -0.492 e. The van der Waals surface area contributed by atoms with E-state index in [2.05, 4.69) is 73.6 Å². The fourth-order valence-corrected chi connectivity index (χ4v) is 4.91. The van der Waals surface area contributed by atoms with Crippen molar-refractivity contribution in [2.45, 2.75) is 0 Å². The third kappa shape index (κ3) is 5.88. The Labute approximate surface area is 223 Å². The molecule has 2 aliphatic heterocycles. The highest BCUT2D eigenvalue weighted by Gasteiger charge is 2.12. The number of fused-ring (bicyclic) bond motifs is 1. The fourth-order valence-electron chi connectivity index (χ4n) is 4.91. The lowest BCUT2D eigenvalue weighted by Crippen LogP contribution is -2.38. The molecule has 2 aliphatic rings. The van der Waals surface area contributed by atoms with E-state index in [9.17, 15) is 0 Å². The Morgan fingerprint density at radius 1 is 0.763 bits per heavy atom. The third-order valence-electron chi connectivity index (χ3n) is 7.11. The van der Waals surface area contributed by atoms with Gasteiger partial charge < -0.3 is 24.4 Å². The zero-order valence-electron chi connectivity index (χ0n) is 21.5. The summed E-state index contributed by atoms with van der Waals surface area (Å²) in [7, 11) is 0. The van der Waals surface area contributed by atoms with Crippen LogP contribution in [-0.2, 0) is 9.47 Å². The van der Waals surface area contributed by atoms with Gasteiger partial charge in [-0.15, -0.1) is 0 Å². The van der Waals surface area contributed by atoms with Gasteiger partial charge in [0.15, 0.2) is 0 Å². The van der Waals surface area contributed by atoms with Gasteiger partial charge in [-0.05, 0) is 59.7 Å². The maximum Gasteiger partial charge on any atom is 0.141 e. The van der Waals surface area contributed by atoms with Crippen LogP contribution in [0.1, 0.15) is 0 Å². The average Bonchev–Trinajstić information content (AvgIpc) is 2.99. The van der Waals surface area contributed by atoms with E-state index in [4.69, 9.17) is 14.2 Å². The van der Waals surface area contributed by atoms with Gasteiger partial charge in [-0.1, -0.05) is 18.2 Å². The summed E-state index contributed by atoms with van der Waals surface area (Å²) >= 11 is 0. The molecule has 0 amide bonds. The van der Waals surface area contributed by atoms with Crippen LogP contribution in [0.5, 0.6) is 5.75 Å². The number of morpholine rings is 2. The van der Waals surface area contributed by atoms with E-state index in [1.807, 2.05) is 18.2 Å². The number of nitrogens with zero attached hydrogens (tertiary/aromatic N) is 4. The molecule has 0 radical (unpaired) electrons. The number of nitrogens with one attached hydrogen (secondary N) is 1. The molecule has 0 aliphatic carbocycles. The van der Waals surface area contributed by atoms with Crippen LogP contribution in [-0.4, -0.2) is 80.6 Å². The van der Waals surface area contributed by atoms with E-state index in [-0.39, 0.29) is 0 Å². The number of hydrogen-bond donors (Lipinski definition) is 1. The summed E-state index contributed by atoms with van der Waals surface area (Å²) in [6.07, 6.45) is 1.61. The zero-order chi connectivity index (χ0) is 25.6. The van der Waals surface area contributed by atoms with Gasteiger partial charge in [-0.3, -0.25) is 4.90 Å². The number of hydrogen-bond acceptors (Lipinski definition) is 8. The Kier molecular flexibility index (Phi) is 7.62. The Balaban J connectivity index is 1.14. The Bertz CT molecular complexity index is 1330. The molecule has 4 aromatic rings. The molecule has 0 spiro atoms. The smallest absolute Gasteiger partial charge is 0.141 e. The molecule has 0 atom stereocenters. The summed E-state index contributed by atoms with van der Waals surface area (Å²) in [4.78, 5) is 13.8. The van der Waals surface area contributed by atoms with Gasteiger partial charge >= 0.3 is 0 Å². The second kappa shape index (κ2) is 11.8. The van der Waals surface area contributed by atoms with Gasteiger partial charge in [0.1, 0.15) is 24.5 Å². The summed E-state index contributed by atoms with van der Waals surface area (Å²) < 4.78 is 16.9. The quantitative estimate of drug-likeness (QED) is 0.368. The van der Waals surface area contributed by atoms with Gasteiger partial charge in [0.25, 0.3) is 0 Å². The Hall–Kier alpha value is -3.72. The molecule has 0 bridgehead atoms. The first-order chi connectivity index (χ1) is 18.8. The molecule has 0 saturated carbocycles. The predicted molar refractivity (Wildman–Crippen MR) is 150 cm³/mol. The molecular formula is C30H33N5O3. The molecule has 1 aromatic heterocycles. The van der Waals surface area contributed by atoms with Crippen LogP contribution in [0.2, 0.25) is 0 Å². The van der Waals surface area contributed by atoms with Crippen molar-refractivity contribution in [3.05, 3.63) is 73.1 Å². The van der Waals surface area contributed by atoms with Gasteiger partial charge in [0.2, 0.25) is 0 Å². The Morgan fingerprint density at radius 3 is 2.24 bits per heavy atom. The average molecular weight is 512 g/mol. The topological polar surface area (TPSA) is 72.0 Å². The minimum atomic E-state index is 0.676. The van der Waals surface area contributed by atoms with Gasteiger partial charge in [0.05, 0.1) is 31.9 Å². The lowest BCUT2D eigenvalue weighted by atomic mass is 10.0. The summed E-state index contributed by atoms with van der Waals surface area (Å²) in [6, 6.07) is 23.1. The standard InChI is InChI=1S/C30H33N5O3/c1-8-27(38-20-13-34-11-16-36-17-12-34)9-2-23(1)24-3-10-29-28(21-24)30(32-22-31-29)33-25-4-6-26(7-5-25)35-14-18-37-19-15-35/h1-10,21-22H,11-20H2,(H,31,32,33). The van der Waals surface area contributed by atoms with E-state index in [0.29, 0.717) is 6.61 Å². The molecule has 38 heavy (non-hydrogen) atoms. The second-order valence-electron chi connectivity index (χ2n) is 9.55. The molecule has 2 fully saturated rings. The minimum absolute atomic E-state index is 0.676. The van der Waals surface area contributed by atoms with Crippen LogP contribution in [0.15, 0.2) is 73.1 Å². The summed E-state index contributed by atoms with van der Waals surface area (Å²) in [5.41, 5.74) is 5.34. The normalized spacial score (nSPS) is 16.5. The van der Waals surface area contributed by atoms with Crippen molar-refractivity contribution < 1.29 is 14.2 Å². The van der Waals surface area contributed by atoms with Crippen molar-refractivity contribution >= 4 is 28.1 Å². The number of ether oxygens (including phenoxy) is 3. The third-order valence-corrected chi connectivity index (χ3v) is 7.11. The second-order valence-corrected chi connectivity index (χ2v) is 9.55. The molecule has 0 unspecified atom stereocenters. The number of anilines is 3. The van der Waals surface area contributed by atoms with Crippen LogP contribution < -0.4 is 15.0 Å². The number of aromatic nitrogens is 2.